The first-order chi connectivity index (χ1) is 20.4. The van der Waals surface area contributed by atoms with Gasteiger partial charge in [-0.05, 0) is 79.8 Å². The van der Waals surface area contributed by atoms with E-state index in [-0.39, 0.29) is 17.5 Å². The van der Waals surface area contributed by atoms with Crippen molar-refractivity contribution in [2.45, 2.75) is 30.3 Å². The maximum atomic E-state index is 15.7. The van der Waals surface area contributed by atoms with Gasteiger partial charge in [0, 0.05) is 18.2 Å². The van der Waals surface area contributed by atoms with Gasteiger partial charge in [-0.25, -0.2) is 9.37 Å². The molecule has 0 spiro atoms. The van der Waals surface area contributed by atoms with Crippen LogP contribution in [0.5, 0.6) is 11.5 Å². The van der Waals surface area contributed by atoms with Crippen molar-refractivity contribution < 1.29 is 18.3 Å². The molecule has 5 rings (SSSR count). The molecule has 42 heavy (non-hydrogen) atoms. The first kappa shape index (κ1) is 29.9. The van der Waals surface area contributed by atoms with Crippen LogP contribution in [0.3, 0.4) is 0 Å². The molecule has 10 heteroatoms. The number of anilines is 2. The minimum absolute atomic E-state index is 0.0600. The summed E-state index contributed by atoms with van der Waals surface area (Å²) in [6, 6.07) is 23.0. The van der Waals surface area contributed by atoms with E-state index in [0.29, 0.717) is 28.0 Å². The van der Waals surface area contributed by atoms with Crippen LogP contribution in [0.2, 0.25) is 5.02 Å². The van der Waals surface area contributed by atoms with Crippen molar-refractivity contribution in [2.75, 3.05) is 43.5 Å². The van der Waals surface area contributed by atoms with E-state index in [0.717, 1.165) is 42.7 Å². The van der Waals surface area contributed by atoms with Gasteiger partial charge in [0.25, 0.3) is 0 Å². The minimum Gasteiger partial charge on any atom is -0.497 e. The van der Waals surface area contributed by atoms with Crippen LogP contribution >= 0.6 is 23.5 Å². The van der Waals surface area contributed by atoms with Gasteiger partial charge in [0.15, 0.2) is 0 Å². The number of aromatic nitrogens is 1. The van der Waals surface area contributed by atoms with Crippen LogP contribution in [-0.4, -0.2) is 43.7 Å². The quantitative estimate of drug-likeness (QED) is 0.129. The predicted molar refractivity (Wildman–Crippen MR) is 166 cm³/mol. The number of nitrogens with one attached hydrogen (secondary N) is 1. The summed E-state index contributed by atoms with van der Waals surface area (Å²) in [6.45, 7) is 3.13. The number of hydrogen-bond donors (Lipinski definition) is 1. The normalized spacial score (nSPS) is 14.0. The number of methoxy groups -OCH3 is 2. The Morgan fingerprint density at radius 3 is 2.48 bits per heavy atom. The molecule has 1 fully saturated rings. The first-order valence-electron chi connectivity index (χ1n) is 13.8. The van der Waals surface area contributed by atoms with Gasteiger partial charge in [-0.2, -0.15) is 4.39 Å². The second-order valence-corrected chi connectivity index (χ2v) is 11.5. The molecule has 0 amide bonds. The van der Waals surface area contributed by atoms with Gasteiger partial charge in [0.1, 0.15) is 23.1 Å². The maximum Gasteiger partial charge on any atom is 0.214 e. The summed E-state index contributed by atoms with van der Waals surface area (Å²) in [5.74, 6) is 0.452. The Hall–Kier alpha value is -3.53. The van der Waals surface area contributed by atoms with Crippen LogP contribution in [0.25, 0.3) is 0 Å². The lowest BCUT2D eigenvalue weighted by Crippen LogP contribution is -2.29. The molecule has 3 aromatic carbocycles. The number of halogens is 3. The average molecular weight is 611 g/mol. The number of benzene rings is 3. The van der Waals surface area contributed by atoms with Crippen LogP contribution in [0.4, 0.5) is 20.3 Å². The van der Waals surface area contributed by atoms with E-state index in [9.17, 15) is 4.39 Å². The largest absolute Gasteiger partial charge is 0.497 e. The number of rotatable bonds is 12. The zero-order valence-electron chi connectivity index (χ0n) is 23.5. The molecule has 2 heterocycles. The highest BCUT2D eigenvalue weighted by Crippen LogP contribution is 2.38. The molecule has 0 radical (unpaired) electrons. The Balaban J connectivity index is 1.42. The summed E-state index contributed by atoms with van der Waals surface area (Å²) in [5, 5.41) is 3.87. The zero-order chi connectivity index (χ0) is 29.5. The molecular weight excluding hydrogens is 578 g/mol. The van der Waals surface area contributed by atoms with Crippen molar-refractivity contribution in [3.63, 3.8) is 0 Å². The molecule has 1 atom stereocenters. The van der Waals surface area contributed by atoms with E-state index >= 15 is 4.39 Å². The monoisotopic (exact) mass is 610 g/mol. The smallest absolute Gasteiger partial charge is 0.214 e. The number of nitrogens with zero attached hydrogens (tertiary/aromatic N) is 3. The average Bonchev–Trinajstić information content (AvgIpc) is 3.52. The van der Waals surface area contributed by atoms with Gasteiger partial charge < -0.3 is 19.7 Å². The van der Waals surface area contributed by atoms with E-state index in [4.69, 9.17) is 21.1 Å². The van der Waals surface area contributed by atoms with Crippen molar-refractivity contribution in [1.82, 2.24) is 9.88 Å². The number of hydrogen-bond acceptors (Lipinski definition) is 7. The van der Waals surface area contributed by atoms with Gasteiger partial charge in [0.05, 0.1) is 42.4 Å². The Bertz CT molecular complexity index is 1490. The molecule has 0 aliphatic carbocycles. The van der Waals surface area contributed by atoms with Gasteiger partial charge in [-0.15, -0.1) is 0 Å². The van der Waals surface area contributed by atoms with Crippen LogP contribution in [0.15, 0.2) is 83.8 Å². The summed E-state index contributed by atoms with van der Waals surface area (Å²) >= 11 is 7.85. The summed E-state index contributed by atoms with van der Waals surface area (Å²) < 4.78 is 42.5. The molecule has 4 aromatic rings. The molecule has 1 N–H and O–H groups in total. The van der Waals surface area contributed by atoms with Crippen molar-refractivity contribution in [3.05, 3.63) is 107 Å². The molecular formula is C32H33ClF2N4O2S. The lowest BCUT2D eigenvalue weighted by atomic mass is 10.1. The van der Waals surface area contributed by atoms with Gasteiger partial charge >= 0.3 is 0 Å². The lowest BCUT2D eigenvalue weighted by Gasteiger charge is -2.27. The standard InChI is InChI=1S/C32H33ClF2N4O2S/c1-40-24-14-13-23(29(17-24)41-2)20-39(32-12-8-11-31(35)37-32)42-30-18-25(33)27(19-26(30)34)36-28(21-38-15-6-7-16-38)22-9-4-3-5-10-22/h3-5,8-14,17-19,28,36H,6-7,15-16,20-21H2,1-2H3. The summed E-state index contributed by atoms with van der Waals surface area (Å²) in [6.07, 6.45) is 2.36. The number of likely N-dealkylation sites (tertiary alicyclic amines) is 1. The Morgan fingerprint density at radius 2 is 1.76 bits per heavy atom. The van der Waals surface area contributed by atoms with Crippen molar-refractivity contribution in [2.24, 2.45) is 0 Å². The summed E-state index contributed by atoms with van der Waals surface area (Å²) in [4.78, 5) is 6.74. The van der Waals surface area contributed by atoms with Crippen molar-refractivity contribution in [1.29, 1.82) is 0 Å². The minimum atomic E-state index is -0.636. The Kier molecular flexibility index (Phi) is 10.0. The third kappa shape index (κ3) is 7.45. The maximum absolute atomic E-state index is 15.7. The van der Waals surface area contributed by atoms with Gasteiger partial charge in [-0.1, -0.05) is 48.0 Å². The third-order valence-electron chi connectivity index (χ3n) is 7.17. The van der Waals surface area contributed by atoms with E-state index in [1.54, 1.807) is 42.8 Å². The van der Waals surface area contributed by atoms with Gasteiger partial charge in [0.2, 0.25) is 5.95 Å². The van der Waals surface area contributed by atoms with Crippen LogP contribution in [0, 0.1) is 11.8 Å². The molecule has 1 aliphatic heterocycles. The molecule has 6 nitrogen and oxygen atoms in total. The predicted octanol–water partition coefficient (Wildman–Crippen LogP) is 7.99. The number of pyridine rings is 1. The Labute approximate surface area is 254 Å². The van der Waals surface area contributed by atoms with Crippen LogP contribution in [0.1, 0.15) is 30.0 Å². The molecule has 1 aromatic heterocycles. The molecule has 0 saturated carbocycles. The SMILES string of the molecule is COc1ccc(CN(Sc2cc(Cl)c(NC(CN3CCCC3)c3ccccc3)cc2F)c2cccc(F)n2)c(OC)c1. The van der Waals surface area contributed by atoms with Crippen LogP contribution < -0.4 is 19.1 Å². The molecule has 220 valence electrons. The molecule has 1 saturated heterocycles. The fourth-order valence-electron chi connectivity index (χ4n) is 4.99. The van der Waals surface area contributed by atoms with E-state index < -0.39 is 11.8 Å². The topological polar surface area (TPSA) is 49.9 Å². The van der Waals surface area contributed by atoms with E-state index in [1.807, 2.05) is 30.3 Å². The van der Waals surface area contributed by atoms with E-state index in [2.05, 4.69) is 27.3 Å². The fourth-order valence-corrected chi connectivity index (χ4v) is 6.23. The molecule has 0 bridgehead atoms. The second kappa shape index (κ2) is 14.1. The summed E-state index contributed by atoms with van der Waals surface area (Å²) in [5.41, 5.74) is 2.41. The highest BCUT2D eigenvalue weighted by Gasteiger charge is 2.22. The van der Waals surface area contributed by atoms with Gasteiger partial charge in [-0.3, -0.25) is 4.31 Å². The number of ether oxygens (including phenoxy) is 2. The highest BCUT2D eigenvalue weighted by atomic mass is 35.5. The fraction of sp³-hybridized carbons (Fsp3) is 0.281. The Morgan fingerprint density at radius 1 is 0.976 bits per heavy atom. The van der Waals surface area contributed by atoms with Crippen molar-refractivity contribution >= 4 is 35.1 Å². The molecule has 1 unspecified atom stereocenters. The highest BCUT2D eigenvalue weighted by molar-refractivity contribution is 8.00. The second-order valence-electron chi connectivity index (χ2n) is 10.0. The first-order valence-corrected chi connectivity index (χ1v) is 14.9. The third-order valence-corrected chi connectivity index (χ3v) is 8.52. The summed E-state index contributed by atoms with van der Waals surface area (Å²) in [7, 11) is 3.14. The lowest BCUT2D eigenvalue weighted by molar-refractivity contribution is 0.323. The zero-order valence-corrected chi connectivity index (χ0v) is 25.1. The van der Waals surface area contributed by atoms with E-state index in [1.165, 1.54) is 25.0 Å². The van der Waals surface area contributed by atoms with Crippen LogP contribution in [-0.2, 0) is 6.54 Å². The van der Waals surface area contributed by atoms with Crippen molar-refractivity contribution in [3.8, 4) is 11.5 Å². The molecule has 1 aliphatic rings.